The van der Waals surface area contributed by atoms with Crippen molar-refractivity contribution in [2.24, 2.45) is 0 Å². The summed E-state index contributed by atoms with van der Waals surface area (Å²) in [5, 5.41) is 12.4. The maximum absolute atomic E-state index is 13.3. The van der Waals surface area contributed by atoms with E-state index in [0.717, 1.165) is 34.3 Å². The van der Waals surface area contributed by atoms with Gasteiger partial charge in [-0.15, -0.1) is 0 Å². The highest BCUT2D eigenvalue weighted by atomic mass is 16.5. The zero-order chi connectivity index (χ0) is 20.5. The summed E-state index contributed by atoms with van der Waals surface area (Å²) in [5.41, 5.74) is 5.72. The van der Waals surface area contributed by atoms with Crippen LogP contribution in [0.5, 0.6) is 0 Å². The van der Waals surface area contributed by atoms with Gasteiger partial charge < -0.3 is 14.4 Å². The lowest BCUT2D eigenvalue weighted by molar-refractivity contribution is -0.0172. The van der Waals surface area contributed by atoms with Gasteiger partial charge in [-0.3, -0.25) is 4.79 Å². The van der Waals surface area contributed by atoms with Crippen molar-refractivity contribution in [3.05, 3.63) is 74.8 Å². The van der Waals surface area contributed by atoms with Gasteiger partial charge in [0.05, 0.1) is 29.0 Å². The van der Waals surface area contributed by atoms with Crippen molar-refractivity contribution < 1.29 is 9.84 Å². The fourth-order valence-corrected chi connectivity index (χ4v) is 4.79. The predicted octanol–water partition coefficient (Wildman–Crippen LogP) is 3.94. The van der Waals surface area contributed by atoms with Crippen LogP contribution in [0.15, 0.2) is 41.4 Å². The monoisotopic (exact) mass is 388 g/mol. The second-order valence-corrected chi connectivity index (χ2v) is 8.03. The molecule has 3 aromatic rings. The van der Waals surface area contributed by atoms with Gasteiger partial charge in [-0.25, -0.2) is 4.98 Å². The van der Waals surface area contributed by atoms with E-state index in [1.807, 2.05) is 19.1 Å². The molecule has 5 rings (SSSR count). The van der Waals surface area contributed by atoms with Crippen LogP contribution in [0, 0.1) is 6.92 Å². The third-order valence-corrected chi connectivity index (χ3v) is 6.48. The van der Waals surface area contributed by atoms with Crippen molar-refractivity contribution in [3.63, 3.8) is 0 Å². The summed E-state index contributed by atoms with van der Waals surface area (Å²) in [7, 11) is 0. The number of aliphatic hydroxyl groups is 1. The molecule has 0 amide bonds. The minimum Gasteiger partial charge on any atom is -0.490 e. The van der Waals surface area contributed by atoms with Crippen LogP contribution in [0.3, 0.4) is 0 Å². The van der Waals surface area contributed by atoms with Gasteiger partial charge in [0.1, 0.15) is 18.0 Å². The fraction of sp³-hybridized carbons (Fsp3) is 0.333. The van der Waals surface area contributed by atoms with E-state index < -0.39 is 5.60 Å². The zero-order valence-electron chi connectivity index (χ0n) is 17.0. The molecule has 1 aromatic carbocycles. The predicted molar refractivity (Wildman–Crippen MR) is 113 cm³/mol. The summed E-state index contributed by atoms with van der Waals surface area (Å²) in [6.07, 6.45) is 1.26. The van der Waals surface area contributed by atoms with Crippen LogP contribution in [0.25, 0.3) is 22.3 Å². The number of hydrogen-bond acceptors (Lipinski definition) is 4. The average molecular weight is 388 g/mol. The Morgan fingerprint density at radius 3 is 2.79 bits per heavy atom. The number of aromatic nitrogens is 2. The van der Waals surface area contributed by atoms with Gasteiger partial charge >= 0.3 is 0 Å². The van der Waals surface area contributed by atoms with Crippen LogP contribution in [-0.4, -0.2) is 14.7 Å². The first-order valence-electron chi connectivity index (χ1n) is 10.1. The van der Waals surface area contributed by atoms with Crippen LogP contribution in [-0.2, 0) is 29.9 Å². The first-order chi connectivity index (χ1) is 13.9. The summed E-state index contributed by atoms with van der Waals surface area (Å²) in [6.45, 7) is 10.6. The Balaban J connectivity index is 1.84. The van der Waals surface area contributed by atoms with Crippen molar-refractivity contribution >= 4 is 10.9 Å². The van der Waals surface area contributed by atoms with Gasteiger partial charge in [0.25, 0.3) is 5.56 Å². The van der Waals surface area contributed by atoms with Gasteiger partial charge in [-0.1, -0.05) is 32.1 Å². The van der Waals surface area contributed by atoms with E-state index in [0.29, 0.717) is 29.9 Å². The Kier molecular flexibility index (Phi) is 3.77. The number of rotatable bonds is 2. The molecule has 0 saturated heterocycles. The topological polar surface area (TPSA) is 64.4 Å². The molecule has 1 N–H and O–H groups in total. The van der Waals surface area contributed by atoms with Gasteiger partial charge in [-0.2, -0.15) is 0 Å². The molecule has 0 bridgehead atoms. The Bertz CT molecular complexity index is 1270. The van der Waals surface area contributed by atoms with E-state index in [1.54, 1.807) is 4.57 Å². The molecular formula is C24H24N2O3. The fourth-order valence-electron chi connectivity index (χ4n) is 4.79. The van der Waals surface area contributed by atoms with Crippen molar-refractivity contribution in [1.29, 1.82) is 0 Å². The maximum atomic E-state index is 13.3. The first kappa shape index (κ1) is 18.1. The number of fused-ring (bicyclic) bond motifs is 5. The van der Waals surface area contributed by atoms with Crippen molar-refractivity contribution in [1.82, 2.24) is 9.55 Å². The summed E-state index contributed by atoms with van der Waals surface area (Å²) in [4.78, 5) is 18.3. The summed E-state index contributed by atoms with van der Waals surface area (Å²) >= 11 is 0. The highest BCUT2D eigenvalue weighted by molar-refractivity contribution is 5.88. The molecule has 0 unspecified atom stereocenters. The molecule has 2 aromatic heterocycles. The van der Waals surface area contributed by atoms with E-state index in [1.165, 1.54) is 11.1 Å². The lowest BCUT2D eigenvalue weighted by atomic mass is 9.84. The van der Waals surface area contributed by atoms with Crippen molar-refractivity contribution in [2.45, 2.75) is 52.4 Å². The highest BCUT2D eigenvalue weighted by Crippen LogP contribution is 2.42. The molecule has 148 valence electrons. The molecule has 5 heteroatoms. The maximum Gasteiger partial charge on any atom is 0.258 e. The number of benzene rings is 1. The third-order valence-electron chi connectivity index (χ3n) is 6.48. The number of aryl methyl sites for hydroxylation is 2. The number of hydrogen-bond donors (Lipinski definition) is 1. The Labute approximate surface area is 169 Å². The van der Waals surface area contributed by atoms with Crippen molar-refractivity contribution in [3.8, 4) is 11.4 Å². The van der Waals surface area contributed by atoms with E-state index in [-0.39, 0.29) is 12.2 Å². The summed E-state index contributed by atoms with van der Waals surface area (Å²) in [5.74, 6) is 0.297. The van der Waals surface area contributed by atoms with E-state index >= 15 is 0 Å². The number of pyridine rings is 2. The van der Waals surface area contributed by atoms with Crippen LogP contribution >= 0.6 is 0 Å². The molecule has 4 heterocycles. The van der Waals surface area contributed by atoms with E-state index in [2.05, 4.69) is 32.6 Å². The standard InChI is InChI=1S/C24H24N2O3/c1-5-15-16-9-13(3)7-8-20(16)25-22-17(15)11-26-21(22)10-19-18(23(26)27)12-29-14(4)24(19,28)6-2/h7-10,28H,4-6,11-12H2,1-3H3/t24-/m1/s1. The molecule has 2 aliphatic rings. The van der Waals surface area contributed by atoms with E-state index in [4.69, 9.17) is 9.72 Å². The molecule has 29 heavy (non-hydrogen) atoms. The highest BCUT2D eigenvalue weighted by Gasteiger charge is 2.41. The smallest absolute Gasteiger partial charge is 0.258 e. The molecule has 0 spiro atoms. The Hall–Kier alpha value is -2.92. The van der Waals surface area contributed by atoms with Gasteiger partial charge in [-0.05, 0) is 43.5 Å². The summed E-state index contributed by atoms with van der Waals surface area (Å²) < 4.78 is 7.35. The second-order valence-electron chi connectivity index (χ2n) is 8.03. The lowest BCUT2D eigenvalue weighted by Crippen LogP contribution is -2.38. The quantitative estimate of drug-likeness (QED) is 0.565. The van der Waals surface area contributed by atoms with Gasteiger partial charge in [0.15, 0.2) is 0 Å². The molecule has 2 aliphatic heterocycles. The SMILES string of the molecule is C=C1OCc2c(cc3n(c2=O)Cc2c-3nc3ccc(C)cc3c2CC)[C@@]1(O)CC. The normalized spacial score (nSPS) is 19.7. The van der Waals surface area contributed by atoms with Crippen molar-refractivity contribution in [2.75, 3.05) is 0 Å². The Morgan fingerprint density at radius 1 is 1.28 bits per heavy atom. The minimum atomic E-state index is -1.35. The van der Waals surface area contributed by atoms with Crippen LogP contribution in [0.4, 0.5) is 0 Å². The molecule has 0 fully saturated rings. The van der Waals surface area contributed by atoms with E-state index in [9.17, 15) is 9.90 Å². The second kappa shape index (κ2) is 6.04. The molecule has 0 radical (unpaired) electrons. The first-order valence-corrected chi connectivity index (χ1v) is 10.1. The molecular weight excluding hydrogens is 364 g/mol. The number of ether oxygens (including phenoxy) is 1. The zero-order valence-corrected chi connectivity index (χ0v) is 17.0. The molecule has 0 aliphatic carbocycles. The molecule has 5 nitrogen and oxygen atoms in total. The minimum absolute atomic E-state index is 0.114. The number of nitrogens with zero attached hydrogens (tertiary/aromatic N) is 2. The molecule has 0 saturated carbocycles. The van der Waals surface area contributed by atoms with Crippen LogP contribution < -0.4 is 5.56 Å². The third kappa shape index (κ3) is 2.31. The van der Waals surface area contributed by atoms with Gasteiger partial charge in [0.2, 0.25) is 0 Å². The lowest BCUT2D eigenvalue weighted by Gasteiger charge is -2.35. The largest absolute Gasteiger partial charge is 0.490 e. The van der Waals surface area contributed by atoms with Crippen LogP contribution in [0.2, 0.25) is 0 Å². The van der Waals surface area contributed by atoms with Crippen LogP contribution in [0.1, 0.15) is 48.1 Å². The summed E-state index contributed by atoms with van der Waals surface area (Å²) in [6, 6.07) is 8.20. The molecule has 1 atom stereocenters. The van der Waals surface area contributed by atoms with Gasteiger partial charge in [0, 0.05) is 16.5 Å². The Morgan fingerprint density at radius 2 is 2.07 bits per heavy atom. The average Bonchev–Trinajstić information content (AvgIpc) is 3.08.